The minimum absolute atomic E-state index is 0.0536. The first kappa shape index (κ1) is 19.2. The maximum atomic E-state index is 12.9. The van der Waals surface area contributed by atoms with Crippen LogP contribution in [-0.2, 0) is 17.4 Å². The van der Waals surface area contributed by atoms with Gasteiger partial charge >= 0.3 is 6.18 Å². The fourth-order valence-corrected chi connectivity index (χ4v) is 3.42. The maximum absolute atomic E-state index is 12.9. The van der Waals surface area contributed by atoms with E-state index in [9.17, 15) is 18.0 Å². The zero-order valence-corrected chi connectivity index (χ0v) is 15.6. The molecular weight excluding hydrogens is 383 g/mol. The molecule has 0 bridgehead atoms. The Morgan fingerprint density at radius 2 is 1.97 bits per heavy atom. The molecule has 2 heterocycles. The number of carbonyl (C=O) groups excluding carboxylic acids is 1. The van der Waals surface area contributed by atoms with E-state index in [0.717, 1.165) is 29.8 Å². The van der Waals surface area contributed by atoms with Crippen LogP contribution in [0.25, 0.3) is 11.4 Å². The van der Waals surface area contributed by atoms with Gasteiger partial charge < -0.3 is 9.42 Å². The molecule has 4 rings (SSSR count). The van der Waals surface area contributed by atoms with Crippen LogP contribution >= 0.6 is 0 Å². The molecule has 5 nitrogen and oxygen atoms in total. The quantitative estimate of drug-likeness (QED) is 0.628. The fraction of sp³-hybridized carbons (Fsp3) is 0.286. The van der Waals surface area contributed by atoms with Crippen LogP contribution in [0, 0.1) is 0 Å². The summed E-state index contributed by atoms with van der Waals surface area (Å²) >= 11 is 0. The molecule has 1 unspecified atom stereocenters. The topological polar surface area (TPSA) is 59.2 Å². The third kappa shape index (κ3) is 3.87. The van der Waals surface area contributed by atoms with E-state index < -0.39 is 11.7 Å². The van der Waals surface area contributed by atoms with Gasteiger partial charge in [0.1, 0.15) is 0 Å². The van der Waals surface area contributed by atoms with E-state index in [0.29, 0.717) is 6.54 Å². The van der Waals surface area contributed by atoms with Gasteiger partial charge in [-0.3, -0.25) is 4.79 Å². The molecule has 0 radical (unpaired) electrons. The zero-order chi connectivity index (χ0) is 20.6. The predicted molar refractivity (Wildman–Crippen MR) is 100 cm³/mol. The Labute approximate surface area is 165 Å². The number of hydrogen-bond donors (Lipinski definition) is 0. The Kier molecular flexibility index (Phi) is 4.86. The van der Waals surface area contributed by atoms with Gasteiger partial charge in [-0.1, -0.05) is 36.3 Å². The predicted octanol–water partition coefficient (Wildman–Crippen LogP) is 4.84. The summed E-state index contributed by atoms with van der Waals surface area (Å²) in [5.41, 5.74) is 1.38. The number of carbonyl (C=O) groups is 1. The number of rotatable bonds is 4. The molecule has 0 N–H and O–H groups in total. The average molecular weight is 401 g/mol. The molecule has 1 fully saturated rings. The number of aryl methyl sites for hydroxylation is 1. The van der Waals surface area contributed by atoms with Crippen molar-refractivity contribution in [1.29, 1.82) is 0 Å². The Hall–Kier alpha value is -3.16. The van der Waals surface area contributed by atoms with E-state index in [1.807, 2.05) is 31.2 Å². The number of hydrogen-bond acceptors (Lipinski definition) is 4. The number of benzene rings is 2. The molecule has 8 heteroatoms. The lowest BCUT2D eigenvalue weighted by molar-refractivity contribution is -0.137. The normalized spacial score (nSPS) is 17.2. The van der Waals surface area contributed by atoms with Gasteiger partial charge in [0, 0.05) is 24.2 Å². The summed E-state index contributed by atoms with van der Waals surface area (Å²) in [4.78, 5) is 18.4. The van der Waals surface area contributed by atoms with E-state index >= 15 is 0 Å². The number of anilines is 1. The highest BCUT2D eigenvalue weighted by Crippen LogP contribution is 2.34. The lowest BCUT2D eigenvalue weighted by Crippen LogP contribution is -2.24. The van der Waals surface area contributed by atoms with Gasteiger partial charge in [0.25, 0.3) is 0 Å². The largest absolute Gasteiger partial charge is 0.416 e. The molecule has 1 aliphatic rings. The first-order chi connectivity index (χ1) is 13.8. The molecule has 1 saturated heterocycles. The highest BCUT2D eigenvalue weighted by Gasteiger charge is 2.35. The number of amides is 1. The monoisotopic (exact) mass is 401 g/mol. The van der Waals surface area contributed by atoms with Crippen LogP contribution in [0.5, 0.6) is 0 Å². The minimum Gasteiger partial charge on any atom is -0.339 e. The van der Waals surface area contributed by atoms with Crippen molar-refractivity contribution in [2.45, 2.75) is 31.9 Å². The number of alkyl halides is 3. The SMILES string of the molecule is CCc1cccc(N2CC(c3nc(-c4cccc(C(F)(F)F)c4)no3)CC2=O)c1. The standard InChI is InChI=1S/C21H18F3N3O2/c1-2-13-5-3-8-17(9-13)27-12-15(11-18(27)28)20-25-19(26-29-20)14-6-4-7-16(10-14)21(22,23)24/h3-10,15H,2,11-12H2,1H3. The molecule has 1 amide bonds. The Bertz CT molecular complexity index is 1050. The maximum Gasteiger partial charge on any atom is 0.416 e. The van der Waals surface area contributed by atoms with Crippen LogP contribution in [0.1, 0.15) is 36.3 Å². The summed E-state index contributed by atoms with van der Waals surface area (Å²) in [5, 5.41) is 3.82. The molecule has 2 aromatic carbocycles. The Morgan fingerprint density at radius 3 is 2.72 bits per heavy atom. The summed E-state index contributed by atoms with van der Waals surface area (Å²) in [6.07, 6.45) is -3.38. The van der Waals surface area contributed by atoms with Gasteiger partial charge in [0.2, 0.25) is 17.6 Å². The zero-order valence-electron chi connectivity index (χ0n) is 15.6. The van der Waals surface area contributed by atoms with Crippen molar-refractivity contribution >= 4 is 11.6 Å². The molecule has 150 valence electrons. The second-order valence-electron chi connectivity index (χ2n) is 6.96. The van der Waals surface area contributed by atoms with Crippen molar-refractivity contribution in [1.82, 2.24) is 10.1 Å². The highest BCUT2D eigenvalue weighted by atomic mass is 19.4. The van der Waals surface area contributed by atoms with Crippen LogP contribution in [0.4, 0.5) is 18.9 Å². The summed E-state index contributed by atoms with van der Waals surface area (Å²) < 4.78 is 44.1. The van der Waals surface area contributed by atoms with Crippen molar-refractivity contribution < 1.29 is 22.5 Å². The van der Waals surface area contributed by atoms with Gasteiger partial charge in [-0.05, 0) is 36.2 Å². The van der Waals surface area contributed by atoms with Crippen molar-refractivity contribution in [3.05, 3.63) is 65.5 Å². The Balaban J connectivity index is 1.55. The molecule has 0 aliphatic carbocycles. The average Bonchev–Trinajstić information content (AvgIpc) is 3.34. The Morgan fingerprint density at radius 1 is 1.17 bits per heavy atom. The summed E-state index contributed by atoms with van der Waals surface area (Å²) in [6.45, 7) is 2.43. The molecule has 0 spiro atoms. The molecular formula is C21H18F3N3O2. The van der Waals surface area contributed by atoms with Gasteiger partial charge in [-0.25, -0.2) is 0 Å². The third-order valence-corrected chi connectivity index (χ3v) is 4.99. The van der Waals surface area contributed by atoms with E-state index in [1.54, 1.807) is 4.90 Å². The van der Waals surface area contributed by atoms with Crippen LogP contribution in [0.3, 0.4) is 0 Å². The molecule has 1 aliphatic heterocycles. The van der Waals surface area contributed by atoms with Crippen molar-refractivity contribution in [3.8, 4) is 11.4 Å². The van der Waals surface area contributed by atoms with Gasteiger partial charge in [0.15, 0.2) is 0 Å². The summed E-state index contributed by atoms with van der Waals surface area (Å²) in [6, 6.07) is 12.5. The second kappa shape index (κ2) is 7.35. The van der Waals surface area contributed by atoms with Gasteiger partial charge in [-0.2, -0.15) is 18.2 Å². The van der Waals surface area contributed by atoms with Crippen LogP contribution in [0.15, 0.2) is 53.1 Å². The number of halogens is 3. The first-order valence-electron chi connectivity index (χ1n) is 9.25. The molecule has 3 aromatic rings. The smallest absolute Gasteiger partial charge is 0.339 e. The first-order valence-corrected chi connectivity index (χ1v) is 9.25. The number of nitrogens with zero attached hydrogens (tertiary/aromatic N) is 3. The number of aromatic nitrogens is 2. The third-order valence-electron chi connectivity index (χ3n) is 4.99. The molecule has 0 saturated carbocycles. The van der Waals surface area contributed by atoms with E-state index in [1.165, 1.54) is 12.1 Å². The van der Waals surface area contributed by atoms with Crippen LogP contribution in [0.2, 0.25) is 0 Å². The highest BCUT2D eigenvalue weighted by molar-refractivity contribution is 5.96. The lowest BCUT2D eigenvalue weighted by atomic mass is 10.1. The van der Waals surface area contributed by atoms with Crippen molar-refractivity contribution in [2.24, 2.45) is 0 Å². The van der Waals surface area contributed by atoms with Crippen LogP contribution in [-0.4, -0.2) is 22.6 Å². The molecule has 1 atom stereocenters. The lowest BCUT2D eigenvalue weighted by Gasteiger charge is -2.16. The van der Waals surface area contributed by atoms with Gasteiger partial charge in [-0.15, -0.1) is 0 Å². The van der Waals surface area contributed by atoms with Gasteiger partial charge in [0.05, 0.1) is 11.5 Å². The van der Waals surface area contributed by atoms with E-state index in [4.69, 9.17) is 4.52 Å². The van der Waals surface area contributed by atoms with Crippen molar-refractivity contribution in [3.63, 3.8) is 0 Å². The fourth-order valence-electron chi connectivity index (χ4n) is 3.42. The second-order valence-corrected chi connectivity index (χ2v) is 6.96. The minimum atomic E-state index is -4.45. The summed E-state index contributed by atoms with van der Waals surface area (Å²) in [7, 11) is 0. The molecule has 1 aromatic heterocycles. The van der Waals surface area contributed by atoms with Crippen LogP contribution < -0.4 is 4.90 Å². The molecule has 29 heavy (non-hydrogen) atoms. The van der Waals surface area contributed by atoms with E-state index in [-0.39, 0.29) is 35.5 Å². The summed E-state index contributed by atoms with van der Waals surface area (Å²) in [5.74, 6) is -0.0354. The van der Waals surface area contributed by atoms with Crippen molar-refractivity contribution in [2.75, 3.05) is 11.4 Å². The van der Waals surface area contributed by atoms with E-state index in [2.05, 4.69) is 10.1 Å².